The predicted octanol–water partition coefficient (Wildman–Crippen LogP) is 2.98. The second-order valence-electron chi connectivity index (χ2n) is 5.60. The maximum absolute atomic E-state index is 13.2. The van der Waals surface area contributed by atoms with Crippen molar-refractivity contribution < 1.29 is 13.6 Å². The van der Waals surface area contributed by atoms with E-state index in [1.165, 1.54) is 12.3 Å². The first-order valence-corrected chi connectivity index (χ1v) is 7.57. The van der Waals surface area contributed by atoms with Crippen LogP contribution in [0.15, 0.2) is 36.5 Å². The first-order chi connectivity index (χ1) is 11.5. The number of carbonyl (C=O) groups excluding carboxylic acids is 1. The average molecular weight is 334 g/mol. The molecule has 0 unspecified atom stereocenters. The molecule has 1 amide bonds. The monoisotopic (exact) mass is 334 g/mol. The van der Waals surface area contributed by atoms with Gasteiger partial charge in [0, 0.05) is 30.1 Å². The molecule has 1 aromatic heterocycles. The van der Waals surface area contributed by atoms with Crippen LogP contribution in [0.4, 0.5) is 20.3 Å². The number of carbonyl (C=O) groups is 1. The molecule has 1 heterocycles. The largest absolute Gasteiger partial charge is 0.370 e. The van der Waals surface area contributed by atoms with Crippen LogP contribution in [-0.2, 0) is 0 Å². The lowest BCUT2D eigenvalue weighted by molar-refractivity contribution is 0.102. The first kappa shape index (κ1) is 17.8. The molecule has 0 saturated carbocycles. The van der Waals surface area contributed by atoms with E-state index in [2.05, 4.69) is 20.5 Å². The summed E-state index contributed by atoms with van der Waals surface area (Å²) < 4.78 is 26.1. The third-order valence-corrected chi connectivity index (χ3v) is 3.29. The first-order valence-electron chi connectivity index (χ1n) is 7.57. The van der Waals surface area contributed by atoms with Crippen molar-refractivity contribution in [2.75, 3.05) is 37.8 Å². The van der Waals surface area contributed by atoms with Crippen molar-refractivity contribution in [3.05, 3.63) is 53.7 Å². The number of rotatable bonds is 7. The van der Waals surface area contributed by atoms with Crippen molar-refractivity contribution in [1.29, 1.82) is 0 Å². The Balaban J connectivity index is 1.96. The van der Waals surface area contributed by atoms with E-state index in [0.29, 0.717) is 11.4 Å². The summed E-state index contributed by atoms with van der Waals surface area (Å²) >= 11 is 0. The van der Waals surface area contributed by atoms with Crippen molar-refractivity contribution >= 4 is 17.4 Å². The van der Waals surface area contributed by atoms with E-state index in [-0.39, 0.29) is 5.69 Å². The summed E-state index contributed by atoms with van der Waals surface area (Å²) in [5, 5.41) is 5.68. The van der Waals surface area contributed by atoms with Gasteiger partial charge in [-0.05, 0) is 51.3 Å². The van der Waals surface area contributed by atoms with Gasteiger partial charge in [-0.1, -0.05) is 0 Å². The smallest absolute Gasteiger partial charge is 0.255 e. The van der Waals surface area contributed by atoms with Gasteiger partial charge in [0.2, 0.25) is 0 Å². The zero-order valence-corrected chi connectivity index (χ0v) is 13.6. The van der Waals surface area contributed by atoms with E-state index in [0.717, 1.165) is 31.6 Å². The van der Waals surface area contributed by atoms with Crippen molar-refractivity contribution in [2.45, 2.75) is 6.42 Å². The van der Waals surface area contributed by atoms with Gasteiger partial charge in [-0.3, -0.25) is 4.79 Å². The van der Waals surface area contributed by atoms with Crippen molar-refractivity contribution in [1.82, 2.24) is 9.88 Å². The summed E-state index contributed by atoms with van der Waals surface area (Å²) in [6.45, 7) is 1.68. The zero-order valence-electron chi connectivity index (χ0n) is 13.6. The van der Waals surface area contributed by atoms with E-state index < -0.39 is 17.5 Å². The van der Waals surface area contributed by atoms with Gasteiger partial charge in [-0.15, -0.1) is 0 Å². The second kappa shape index (κ2) is 8.35. The molecule has 0 fully saturated rings. The quantitative estimate of drug-likeness (QED) is 0.765. The molecule has 0 spiro atoms. The molecule has 0 atom stereocenters. The van der Waals surface area contributed by atoms with Crippen LogP contribution in [0, 0.1) is 11.6 Å². The molecule has 0 aliphatic rings. The number of halogens is 2. The van der Waals surface area contributed by atoms with Crippen LogP contribution in [0.1, 0.15) is 16.8 Å². The van der Waals surface area contributed by atoms with Crippen molar-refractivity contribution in [2.24, 2.45) is 0 Å². The summed E-state index contributed by atoms with van der Waals surface area (Å²) in [4.78, 5) is 18.4. The molecule has 5 nitrogen and oxygen atoms in total. The van der Waals surface area contributed by atoms with Crippen LogP contribution in [-0.4, -0.2) is 43.0 Å². The topological polar surface area (TPSA) is 57.3 Å². The third kappa shape index (κ3) is 5.27. The summed E-state index contributed by atoms with van der Waals surface area (Å²) in [5.41, 5.74) is 0.570. The Morgan fingerprint density at radius 2 is 1.96 bits per heavy atom. The summed E-state index contributed by atoms with van der Waals surface area (Å²) in [7, 11) is 4.00. The normalized spacial score (nSPS) is 10.7. The summed E-state index contributed by atoms with van der Waals surface area (Å²) in [6.07, 6.45) is 2.47. The highest BCUT2D eigenvalue weighted by Gasteiger charge is 2.09. The van der Waals surface area contributed by atoms with Gasteiger partial charge in [0.25, 0.3) is 5.91 Å². The standard InChI is InChI=1S/C17H20F2N4O/c1-23(2)9-3-7-20-16-10-12(6-8-21-16)17(24)22-13-4-5-14(18)15(19)11-13/h4-6,8,10-11H,3,7,9H2,1-2H3,(H,20,21)(H,22,24). The van der Waals surface area contributed by atoms with E-state index in [1.54, 1.807) is 12.1 Å². The molecule has 0 bridgehead atoms. The lowest BCUT2D eigenvalue weighted by atomic mass is 10.2. The number of hydrogen-bond acceptors (Lipinski definition) is 4. The fraction of sp³-hybridized carbons (Fsp3) is 0.294. The molecule has 0 radical (unpaired) electrons. The second-order valence-corrected chi connectivity index (χ2v) is 5.60. The Bertz CT molecular complexity index is 707. The minimum atomic E-state index is -1.01. The molecule has 2 N–H and O–H groups in total. The Hall–Kier alpha value is -2.54. The SMILES string of the molecule is CN(C)CCCNc1cc(C(=O)Nc2ccc(F)c(F)c2)ccn1. The number of aromatic nitrogens is 1. The number of pyridine rings is 1. The number of benzene rings is 1. The lowest BCUT2D eigenvalue weighted by Gasteiger charge is -2.11. The van der Waals surface area contributed by atoms with Gasteiger partial charge in [0.1, 0.15) is 5.82 Å². The maximum atomic E-state index is 13.2. The predicted molar refractivity (Wildman–Crippen MR) is 90.2 cm³/mol. The highest BCUT2D eigenvalue weighted by atomic mass is 19.2. The Kier molecular flexibility index (Phi) is 6.20. The molecule has 128 valence electrons. The van der Waals surface area contributed by atoms with Crippen LogP contribution in [0.3, 0.4) is 0 Å². The van der Waals surface area contributed by atoms with Gasteiger partial charge in [-0.25, -0.2) is 13.8 Å². The molecule has 0 aliphatic carbocycles. The van der Waals surface area contributed by atoms with Gasteiger partial charge in [-0.2, -0.15) is 0 Å². The fourth-order valence-electron chi connectivity index (χ4n) is 2.06. The van der Waals surface area contributed by atoms with E-state index in [1.807, 2.05) is 14.1 Å². The van der Waals surface area contributed by atoms with Crippen molar-refractivity contribution in [3.8, 4) is 0 Å². The summed E-state index contributed by atoms with van der Waals surface area (Å²) in [5.74, 6) is -1.79. The minimum absolute atomic E-state index is 0.191. The number of amides is 1. The molecule has 1 aromatic carbocycles. The van der Waals surface area contributed by atoms with Crippen molar-refractivity contribution in [3.63, 3.8) is 0 Å². The van der Waals surface area contributed by atoms with E-state index in [4.69, 9.17) is 0 Å². The van der Waals surface area contributed by atoms with Crippen LogP contribution < -0.4 is 10.6 Å². The zero-order chi connectivity index (χ0) is 17.5. The Morgan fingerprint density at radius 3 is 2.67 bits per heavy atom. The highest BCUT2D eigenvalue weighted by Crippen LogP contribution is 2.15. The number of hydrogen-bond donors (Lipinski definition) is 2. The minimum Gasteiger partial charge on any atom is -0.370 e. The molecule has 2 aromatic rings. The molecule has 2 rings (SSSR count). The van der Waals surface area contributed by atoms with Gasteiger partial charge in [0.15, 0.2) is 11.6 Å². The van der Waals surface area contributed by atoms with Crippen LogP contribution in [0.2, 0.25) is 0 Å². The molecule has 24 heavy (non-hydrogen) atoms. The van der Waals surface area contributed by atoms with Gasteiger partial charge < -0.3 is 15.5 Å². The maximum Gasteiger partial charge on any atom is 0.255 e. The number of anilines is 2. The number of nitrogens with one attached hydrogen (secondary N) is 2. The van der Waals surface area contributed by atoms with Gasteiger partial charge in [0.05, 0.1) is 0 Å². The van der Waals surface area contributed by atoms with Crippen LogP contribution in [0.25, 0.3) is 0 Å². The highest BCUT2D eigenvalue weighted by molar-refractivity contribution is 6.04. The van der Waals surface area contributed by atoms with E-state index >= 15 is 0 Å². The van der Waals surface area contributed by atoms with E-state index in [9.17, 15) is 13.6 Å². The summed E-state index contributed by atoms with van der Waals surface area (Å²) in [6, 6.07) is 6.38. The molecule has 0 aliphatic heterocycles. The van der Waals surface area contributed by atoms with Gasteiger partial charge >= 0.3 is 0 Å². The van der Waals surface area contributed by atoms with Crippen LogP contribution in [0.5, 0.6) is 0 Å². The lowest BCUT2D eigenvalue weighted by Crippen LogP contribution is -2.17. The Labute approximate surface area is 139 Å². The fourth-order valence-corrected chi connectivity index (χ4v) is 2.06. The molecule has 7 heteroatoms. The van der Waals surface area contributed by atoms with Crippen LogP contribution >= 0.6 is 0 Å². The molecule has 0 saturated heterocycles. The number of nitrogens with zero attached hydrogens (tertiary/aromatic N) is 2. The average Bonchev–Trinajstić information content (AvgIpc) is 2.55. The third-order valence-electron chi connectivity index (χ3n) is 3.29. The Morgan fingerprint density at radius 1 is 1.17 bits per heavy atom. The molecular formula is C17H20F2N4O. The molecular weight excluding hydrogens is 314 g/mol.